The molecule has 2 saturated carbocycles. The third kappa shape index (κ3) is 13.2. The molecule has 5 N–H and O–H groups in total. The van der Waals surface area contributed by atoms with Gasteiger partial charge in [0.2, 0.25) is 17.6 Å². The number of aromatic nitrogens is 3. The van der Waals surface area contributed by atoms with Gasteiger partial charge >= 0.3 is 24.1 Å². The monoisotopic (exact) mass is 972 g/mol. The number of amides is 4. The molecule has 0 unspecified atom stereocenters. The summed E-state index contributed by atoms with van der Waals surface area (Å²) in [4.78, 5) is 58.6. The first-order chi connectivity index (χ1) is 32.3. The summed E-state index contributed by atoms with van der Waals surface area (Å²) in [6.45, 7) is 7.62. The van der Waals surface area contributed by atoms with Crippen LogP contribution in [-0.4, -0.2) is 100 Å². The van der Waals surface area contributed by atoms with Crippen LogP contribution in [0.25, 0.3) is 22.5 Å². The zero-order valence-electron chi connectivity index (χ0n) is 39.3. The number of H-pyrrole nitrogens is 1. The molecule has 2 aliphatic carbocycles. The molecule has 1 aromatic heterocycles. The number of alkyl halides is 7. The number of nitrogens with zero attached hydrogens (tertiary/aromatic N) is 3. The Bertz CT molecular complexity index is 2420. The number of alkyl carbamates (subject to hydrolysis) is 1. The lowest BCUT2D eigenvalue weighted by Gasteiger charge is -2.33. The first-order valence-corrected chi connectivity index (χ1v) is 22.9. The van der Waals surface area contributed by atoms with E-state index >= 15 is 0 Å². The summed E-state index contributed by atoms with van der Waals surface area (Å²) < 4.78 is 99.3. The Balaban J connectivity index is 1.13. The molecule has 2 fully saturated rings. The molecule has 374 valence electrons. The fourth-order valence-electron chi connectivity index (χ4n) is 8.65. The maximum atomic E-state index is 14.2. The van der Waals surface area contributed by atoms with Crippen LogP contribution < -0.4 is 21.3 Å². The van der Waals surface area contributed by atoms with Crippen molar-refractivity contribution in [3.8, 4) is 22.5 Å². The van der Waals surface area contributed by atoms with E-state index in [9.17, 15) is 49.9 Å². The van der Waals surface area contributed by atoms with Gasteiger partial charge in [0.05, 0.1) is 0 Å². The van der Waals surface area contributed by atoms with Crippen LogP contribution in [0.15, 0.2) is 66.7 Å². The van der Waals surface area contributed by atoms with Crippen LogP contribution in [0, 0.1) is 18.8 Å². The second-order valence-electron chi connectivity index (χ2n) is 19.3. The van der Waals surface area contributed by atoms with Crippen molar-refractivity contribution in [3.63, 3.8) is 0 Å². The van der Waals surface area contributed by atoms with E-state index in [1.54, 1.807) is 26.8 Å². The van der Waals surface area contributed by atoms with E-state index in [0.29, 0.717) is 49.4 Å². The highest BCUT2D eigenvalue weighted by molar-refractivity contribution is 5.98. The minimum atomic E-state index is -6.57. The second-order valence-corrected chi connectivity index (χ2v) is 19.3. The highest BCUT2D eigenvalue weighted by atomic mass is 19.4. The molecule has 3 aromatic carbocycles. The number of halogens is 7. The lowest BCUT2D eigenvalue weighted by atomic mass is 9.81. The summed E-state index contributed by atoms with van der Waals surface area (Å²) >= 11 is 0. The number of ether oxygens (including phenoxy) is 1. The van der Waals surface area contributed by atoms with Gasteiger partial charge in [0.15, 0.2) is 5.82 Å². The van der Waals surface area contributed by atoms with Gasteiger partial charge < -0.3 is 30.9 Å². The predicted molar refractivity (Wildman–Crippen MR) is 244 cm³/mol. The average molecular weight is 973 g/mol. The molecule has 0 radical (unpaired) electrons. The minimum Gasteiger partial charge on any atom is -0.444 e. The van der Waals surface area contributed by atoms with E-state index in [4.69, 9.17) is 4.74 Å². The number of rotatable bonds is 15. The number of aryl methyl sites for hydroxylation is 1. The highest BCUT2D eigenvalue weighted by Gasteiger charge is 2.75. The SMILES string of the molecule is Cc1cc(C(=O)NC2CCC(N(C)C)CC2)ccc1-c1ccc(C[C@H](NC(=O)[C@H]2CC[C@H](CNC(=O)OC(C)(C)C)CC2)C(=O)Nc2ccc(-c3nc(C(F)(F)C(F)(F)C(F)(F)F)n[nH]3)cc2)cc1. The smallest absolute Gasteiger partial charge is 0.444 e. The number of carbonyl (C=O) groups excluding carboxylic acids is 4. The van der Waals surface area contributed by atoms with Crippen LogP contribution in [-0.2, 0) is 26.7 Å². The molecule has 1 heterocycles. The number of benzene rings is 3. The third-order valence-electron chi connectivity index (χ3n) is 12.7. The van der Waals surface area contributed by atoms with Crippen molar-refractivity contribution < 1.29 is 54.6 Å². The Morgan fingerprint density at radius 1 is 0.812 bits per heavy atom. The lowest BCUT2D eigenvalue weighted by Crippen LogP contribution is -2.50. The molecule has 4 aromatic rings. The molecule has 13 nitrogen and oxygen atoms in total. The van der Waals surface area contributed by atoms with Crippen LogP contribution in [0.4, 0.5) is 41.2 Å². The van der Waals surface area contributed by atoms with Crippen LogP contribution in [0.3, 0.4) is 0 Å². The van der Waals surface area contributed by atoms with Gasteiger partial charge in [-0.25, -0.2) is 9.78 Å². The Morgan fingerprint density at radius 3 is 2.01 bits per heavy atom. The molecular weight excluding hydrogens is 914 g/mol. The summed E-state index contributed by atoms with van der Waals surface area (Å²) in [5, 5.41) is 16.5. The minimum absolute atomic E-state index is 0.0225. The summed E-state index contributed by atoms with van der Waals surface area (Å²) in [6, 6.07) is 17.7. The van der Waals surface area contributed by atoms with Crippen LogP contribution in [0.1, 0.15) is 99.4 Å². The maximum absolute atomic E-state index is 14.2. The van der Waals surface area contributed by atoms with Gasteiger partial charge in [0.25, 0.3) is 5.91 Å². The molecule has 2 aliphatic rings. The molecule has 6 rings (SSSR count). The van der Waals surface area contributed by atoms with E-state index in [1.807, 2.05) is 48.4 Å². The Hall–Kier alpha value is -6.05. The molecule has 0 saturated heterocycles. The number of hydrogen-bond donors (Lipinski definition) is 5. The van der Waals surface area contributed by atoms with Crippen molar-refractivity contribution in [3.05, 3.63) is 89.2 Å². The number of carbonyl (C=O) groups is 4. The molecule has 0 aliphatic heterocycles. The summed E-state index contributed by atoms with van der Waals surface area (Å²) in [5.41, 5.74) is 3.44. The first-order valence-electron chi connectivity index (χ1n) is 22.9. The van der Waals surface area contributed by atoms with E-state index in [-0.39, 0.29) is 41.4 Å². The number of anilines is 1. The number of nitrogens with one attached hydrogen (secondary N) is 5. The molecule has 20 heteroatoms. The maximum Gasteiger partial charge on any atom is 0.460 e. The fourth-order valence-corrected chi connectivity index (χ4v) is 8.65. The van der Waals surface area contributed by atoms with Crippen molar-refractivity contribution in [2.45, 2.75) is 127 Å². The summed E-state index contributed by atoms with van der Waals surface area (Å²) in [7, 11) is 4.15. The normalized spacial score (nSPS) is 19.6. The third-order valence-corrected chi connectivity index (χ3v) is 12.7. The van der Waals surface area contributed by atoms with Gasteiger partial charge in [0.1, 0.15) is 11.6 Å². The quantitative estimate of drug-likeness (QED) is 0.0735. The first kappa shape index (κ1) is 52.3. The van der Waals surface area contributed by atoms with Crippen molar-refractivity contribution in [2.75, 3.05) is 26.0 Å². The van der Waals surface area contributed by atoms with E-state index < -0.39 is 59.2 Å². The van der Waals surface area contributed by atoms with Crippen LogP contribution >= 0.6 is 0 Å². The van der Waals surface area contributed by atoms with Gasteiger partial charge in [-0.15, -0.1) is 0 Å². The predicted octanol–water partition coefficient (Wildman–Crippen LogP) is 9.34. The van der Waals surface area contributed by atoms with Crippen molar-refractivity contribution in [2.24, 2.45) is 11.8 Å². The van der Waals surface area contributed by atoms with Gasteiger partial charge in [-0.05, 0) is 158 Å². The fraction of sp³-hybridized carbons (Fsp3) is 0.510. The van der Waals surface area contributed by atoms with Crippen molar-refractivity contribution in [1.29, 1.82) is 0 Å². The summed E-state index contributed by atoms with van der Waals surface area (Å²) in [5.74, 6) is -16.2. The lowest BCUT2D eigenvalue weighted by molar-refractivity contribution is -0.361. The Labute approximate surface area is 396 Å². The molecular formula is C49H59F7N8O5. The number of hydrogen-bond acceptors (Lipinski definition) is 8. The van der Waals surface area contributed by atoms with E-state index in [0.717, 1.165) is 42.4 Å². The Kier molecular flexibility index (Phi) is 16.2. The van der Waals surface area contributed by atoms with Crippen molar-refractivity contribution >= 4 is 29.5 Å². The molecule has 0 spiro atoms. The van der Waals surface area contributed by atoms with Crippen LogP contribution in [0.2, 0.25) is 0 Å². The van der Waals surface area contributed by atoms with E-state index in [2.05, 4.69) is 50.3 Å². The average Bonchev–Trinajstić information content (AvgIpc) is 3.80. The topological polar surface area (TPSA) is 170 Å². The van der Waals surface area contributed by atoms with Gasteiger partial charge in [-0.1, -0.05) is 30.3 Å². The summed E-state index contributed by atoms with van der Waals surface area (Å²) in [6.07, 6.45) is -0.815. The zero-order chi connectivity index (χ0) is 50.5. The molecule has 69 heavy (non-hydrogen) atoms. The van der Waals surface area contributed by atoms with Gasteiger partial charge in [0, 0.05) is 47.8 Å². The standard InChI is InChI=1S/C49H59F7N8O5/c1-28-25-34(42(66)58-36-20-22-37(23-21-36)64(5)6)17-24-38(28)31-11-7-29(8-12-31)26-39(60-41(65)33-13-9-30(10-14-33)27-57-45(68)69-46(2,3)4)43(67)59-35-18-15-32(16-19-35)40-61-44(63-62-40)47(50,51)48(52,53)49(54,55)56/h7-8,11-12,15-19,24-25,30,33,36-37,39H,9-10,13-14,20-23,26-27H2,1-6H3,(H,57,68)(H,58,66)(H,59,67)(H,60,65)(H,61,62,63)/t30-,33-,36?,37?,39-/m0/s1. The number of aromatic amines is 1. The van der Waals surface area contributed by atoms with Gasteiger partial charge in [-0.2, -0.15) is 35.8 Å². The molecule has 0 bridgehead atoms. The molecule has 4 amide bonds. The van der Waals surface area contributed by atoms with Crippen LogP contribution in [0.5, 0.6) is 0 Å². The van der Waals surface area contributed by atoms with Crippen molar-refractivity contribution in [1.82, 2.24) is 36.0 Å². The molecule has 1 atom stereocenters. The highest BCUT2D eigenvalue weighted by Crippen LogP contribution is 2.51. The zero-order valence-corrected chi connectivity index (χ0v) is 39.3. The van der Waals surface area contributed by atoms with Gasteiger partial charge in [-0.3, -0.25) is 19.5 Å². The Morgan fingerprint density at radius 2 is 1.43 bits per heavy atom. The second kappa shape index (κ2) is 21.3. The largest absolute Gasteiger partial charge is 0.460 e. The van der Waals surface area contributed by atoms with E-state index in [1.165, 1.54) is 24.3 Å².